The van der Waals surface area contributed by atoms with Crippen molar-refractivity contribution in [1.82, 2.24) is 4.98 Å². The van der Waals surface area contributed by atoms with Gasteiger partial charge in [0.2, 0.25) is 0 Å². The molecule has 3 rings (SSSR count). The molecule has 0 saturated carbocycles. The van der Waals surface area contributed by atoms with Crippen LogP contribution >= 0.6 is 0 Å². The SMILES string of the molecule is CC(C)Oc1cccnc1N1CCCC2(C1)OCCO2. The Morgan fingerprint density at radius 1 is 1.35 bits per heavy atom. The molecule has 2 saturated heterocycles. The number of anilines is 1. The van der Waals surface area contributed by atoms with Crippen molar-refractivity contribution in [2.24, 2.45) is 0 Å². The molecule has 20 heavy (non-hydrogen) atoms. The molecule has 3 heterocycles. The van der Waals surface area contributed by atoms with E-state index in [1.165, 1.54) is 0 Å². The number of nitrogens with zero attached hydrogens (tertiary/aromatic N) is 2. The van der Waals surface area contributed by atoms with E-state index in [4.69, 9.17) is 14.2 Å². The average molecular weight is 278 g/mol. The van der Waals surface area contributed by atoms with Gasteiger partial charge in [0, 0.05) is 19.2 Å². The van der Waals surface area contributed by atoms with E-state index in [9.17, 15) is 0 Å². The summed E-state index contributed by atoms with van der Waals surface area (Å²) >= 11 is 0. The summed E-state index contributed by atoms with van der Waals surface area (Å²) in [5, 5.41) is 0. The summed E-state index contributed by atoms with van der Waals surface area (Å²) in [7, 11) is 0. The first-order valence-electron chi connectivity index (χ1n) is 7.33. The number of hydrogen-bond donors (Lipinski definition) is 0. The molecule has 0 radical (unpaired) electrons. The zero-order valence-electron chi connectivity index (χ0n) is 12.2. The van der Waals surface area contributed by atoms with Gasteiger partial charge in [0.1, 0.15) is 0 Å². The fraction of sp³-hybridized carbons (Fsp3) is 0.667. The van der Waals surface area contributed by atoms with Gasteiger partial charge in [-0.25, -0.2) is 4.98 Å². The van der Waals surface area contributed by atoms with E-state index in [2.05, 4.69) is 9.88 Å². The van der Waals surface area contributed by atoms with E-state index >= 15 is 0 Å². The number of piperidine rings is 1. The van der Waals surface area contributed by atoms with Crippen molar-refractivity contribution in [3.63, 3.8) is 0 Å². The molecular formula is C15H22N2O3. The van der Waals surface area contributed by atoms with Gasteiger partial charge in [-0.1, -0.05) is 0 Å². The van der Waals surface area contributed by atoms with Crippen LogP contribution in [-0.2, 0) is 9.47 Å². The predicted octanol–water partition coefficient (Wildman–Crippen LogP) is 2.21. The molecule has 1 spiro atoms. The van der Waals surface area contributed by atoms with Crippen molar-refractivity contribution in [1.29, 1.82) is 0 Å². The number of rotatable bonds is 3. The Hall–Kier alpha value is -1.33. The van der Waals surface area contributed by atoms with Crippen LogP contribution in [0.25, 0.3) is 0 Å². The van der Waals surface area contributed by atoms with Crippen molar-refractivity contribution in [3.05, 3.63) is 18.3 Å². The van der Waals surface area contributed by atoms with Crippen molar-refractivity contribution < 1.29 is 14.2 Å². The molecular weight excluding hydrogens is 256 g/mol. The molecule has 0 unspecified atom stereocenters. The topological polar surface area (TPSA) is 43.8 Å². The third kappa shape index (κ3) is 2.74. The van der Waals surface area contributed by atoms with E-state index in [1.54, 1.807) is 6.20 Å². The fourth-order valence-corrected chi connectivity index (χ4v) is 2.87. The van der Waals surface area contributed by atoms with Crippen LogP contribution in [0, 0.1) is 0 Å². The number of ether oxygens (including phenoxy) is 3. The quantitative estimate of drug-likeness (QED) is 0.848. The van der Waals surface area contributed by atoms with Gasteiger partial charge in [-0.2, -0.15) is 0 Å². The highest BCUT2D eigenvalue weighted by molar-refractivity contribution is 5.52. The minimum atomic E-state index is -0.440. The lowest BCUT2D eigenvalue weighted by molar-refractivity contribution is -0.161. The van der Waals surface area contributed by atoms with Gasteiger partial charge in [-0.05, 0) is 32.4 Å². The molecule has 0 bridgehead atoms. The molecule has 0 aromatic carbocycles. The van der Waals surface area contributed by atoms with Gasteiger partial charge in [0.15, 0.2) is 17.4 Å². The molecule has 5 heteroatoms. The molecule has 1 aromatic heterocycles. The number of aromatic nitrogens is 1. The van der Waals surface area contributed by atoms with Gasteiger partial charge in [-0.3, -0.25) is 0 Å². The summed E-state index contributed by atoms with van der Waals surface area (Å²) in [5.74, 6) is 1.28. The van der Waals surface area contributed by atoms with Gasteiger partial charge in [0.25, 0.3) is 0 Å². The van der Waals surface area contributed by atoms with E-state index in [0.29, 0.717) is 13.2 Å². The van der Waals surface area contributed by atoms with E-state index in [-0.39, 0.29) is 6.10 Å². The van der Waals surface area contributed by atoms with Crippen molar-refractivity contribution >= 4 is 5.82 Å². The molecule has 2 aliphatic rings. The summed E-state index contributed by atoms with van der Waals surface area (Å²) in [6.45, 7) is 7.10. The third-order valence-corrected chi connectivity index (χ3v) is 3.64. The van der Waals surface area contributed by atoms with Gasteiger partial charge in [-0.15, -0.1) is 0 Å². The standard InChI is InChI=1S/C15H22N2O3/c1-12(2)20-13-5-3-7-16-14(13)17-8-4-6-15(11-17)18-9-10-19-15/h3,5,7,12H,4,6,8-11H2,1-2H3. The van der Waals surface area contributed by atoms with Crippen LogP contribution < -0.4 is 9.64 Å². The second-order valence-electron chi connectivity index (χ2n) is 5.62. The lowest BCUT2D eigenvalue weighted by Crippen LogP contribution is -2.49. The number of pyridine rings is 1. The molecule has 5 nitrogen and oxygen atoms in total. The molecule has 110 valence electrons. The molecule has 0 atom stereocenters. The normalized spacial score (nSPS) is 21.6. The summed E-state index contributed by atoms with van der Waals surface area (Å²) in [6.07, 6.45) is 3.94. The predicted molar refractivity (Wildman–Crippen MR) is 76.1 cm³/mol. The Labute approximate surface area is 119 Å². The Balaban J connectivity index is 1.81. The second-order valence-corrected chi connectivity index (χ2v) is 5.62. The lowest BCUT2D eigenvalue weighted by atomic mass is 10.0. The molecule has 0 aliphatic carbocycles. The molecule has 0 amide bonds. The second kappa shape index (κ2) is 5.58. The highest BCUT2D eigenvalue weighted by atomic mass is 16.7. The third-order valence-electron chi connectivity index (χ3n) is 3.64. The van der Waals surface area contributed by atoms with E-state index in [1.807, 2.05) is 26.0 Å². The van der Waals surface area contributed by atoms with Crippen LogP contribution in [0.4, 0.5) is 5.82 Å². The van der Waals surface area contributed by atoms with Gasteiger partial charge >= 0.3 is 0 Å². The van der Waals surface area contributed by atoms with Crippen LogP contribution in [0.5, 0.6) is 5.75 Å². The number of hydrogen-bond acceptors (Lipinski definition) is 5. The van der Waals surface area contributed by atoms with Gasteiger partial charge in [0.05, 0.1) is 25.9 Å². The summed E-state index contributed by atoms with van der Waals surface area (Å²) < 4.78 is 17.5. The molecule has 2 fully saturated rings. The maximum absolute atomic E-state index is 5.86. The van der Waals surface area contributed by atoms with Crippen LogP contribution in [-0.4, -0.2) is 43.2 Å². The minimum absolute atomic E-state index is 0.135. The Morgan fingerprint density at radius 3 is 2.90 bits per heavy atom. The average Bonchev–Trinajstić information content (AvgIpc) is 2.87. The van der Waals surface area contributed by atoms with Crippen LogP contribution in [0.1, 0.15) is 26.7 Å². The van der Waals surface area contributed by atoms with Crippen molar-refractivity contribution in [2.75, 3.05) is 31.2 Å². The summed E-state index contributed by atoms with van der Waals surface area (Å²) in [5.41, 5.74) is 0. The Bertz CT molecular complexity index is 458. The van der Waals surface area contributed by atoms with Crippen LogP contribution in [0.15, 0.2) is 18.3 Å². The largest absolute Gasteiger partial charge is 0.487 e. The summed E-state index contributed by atoms with van der Waals surface area (Å²) in [6, 6.07) is 3.88. The van der Waals surface area contributed by atoms with E-state index in [0.717, 1.165) is 37.5 Å². The van der Waals surface area contributed by atoms with Gasteiger partial charge < -0.3 is 19.1 Å². The first kappa shape index (κ1) is 13.6. The van der Waals surface area contributed by atoms with Crippen LogP contribution in [0.3, 0.4) is 0 Å². The lowest BCUT2D eigenvalue weighted by Gasteiger charge is -2.39. The zero-order chi connectivity index (χ0) is 14.0. The molecule has 1 aromatic rings. The maximum atomic E-state index is 5.86. The van der Waals surface area contributed by atoms with Crippen molar-refractivity contribution in [2.45, 2.75) is 38.6 Å². The summed E-state index contributed by atoms with van der Waals surface area (Å²) in [4.78, 5) is 6.71. The van der Waals surface area contributed by atoms with E-state index < -0.39 is 5.79 Å². The fourth-order valence-electron chi connectivity index (χ4n) is 2.87. The highest BCUT2D eigenvalue weighted by Gasteiger charge is 2.41. The Morgan fingerprint density at radius 2 is 2.15 bits per heavy atom. The molecule has 0 N–H and O–H groups in total. The minimum Gasteiger partial charge on any atom is -0.487 e. The smallest absolute Gasteiger partial charge is 0.186 e. The monoisotopic (exact) mass is 278 g/mol. The highest BCUT2D eigenvalue weighted by Crippen LogP contribution is 2.35. The van der Waals surface area contributed by atoms with Crippen LogP contribution in [0.2, 0.25) is 0 Å². The molecule has 2 aliphatic heterocycles. The zero-order valence-corrected chi connectivity index (χ0v) is 12.2. The first-order chi connectivity index (χ1) is 9.69. The Kier molecular flexibility index (Phi) is 3.81. The van der Waals surface area contributed by atoms with Crippen molar-refractivity contribution in [3.8, 4) is 5.75 Å². The first-order valence-corrected chi connectivity index (χ1v) is 7.33. The maximum Gasteiger partial charge on any atom is 0.186 e.